The van der Waals surface area contributed by atoms with Gasteiger partial charge < -0.3 is 14.8 Å². The molecule has 0 radical (unpaired) electrons. The van der Waals surface area contributed by atoms with Gasteiger partial charge in [-0.25, -0.2) is 0 Å². The van der Waals surface area contributed by atoms with Gasteiger partial charge in [-0.3, -0.25) is 0 Å². The lowest BCUT2D eigenvalue weighted by Crippen LogP contribution is -2.25. The second-order valence-corrected chi connectivity index (χ2v) is 4.68. The van der Waals surface area contributed by atoms with E-state index in [2.05, 4.69) is 10.7 Å². The highest BCUT2D eigenvalue weighted by atomic mass is 32.1. The Morgan fingerprint density at radius 2 is 2.60 bits per heavy atom. The second-order valence-electron chi connectivity index (χ2n) is 3.68. The molecular weight excluding hydrogens is 210 g/mol. The fraction of sp³-hybridized carbons (Fsp3) is 0.636. The van der Waals surface area contributed by atoms with Gasteiger partial charge in [0, 0.05) is 19.7 Å². The van der Waals surface area contributed by atoms with E-state index >= 15 is 0 Å². The van der Waals surface area contributed by atoms with Gasteiger partial charge in [-0.15, -0.1) is 11.3 Å². The lowest BCUT2D eigenvalue weighted by Gasteiger charge is -2.10. The molecule has 2 rings (SSSR count). The molecule has 1 aromatic heterocycles. The Labute approximate surface area is 94.4 Å². The topological polar surface area (TPSA) is 30.5 Å². The Hall–Kier alpha value is -0.580. The summed E-state index contributed by atoms with van der Waals surface area (Å²) >= 11 is 1.73. The van der Waals surface area contributed by atoms with E-state index in [-0.39, 0.29) is 0 Å². The molecule has 1 aliphatic rings. The summed E-state index contributed by atoms with van der Waals surface area (Å²) in [6.45, 7) is 2.75. The molecule has 2 heterocycles. The summed E-state index contributed by atoms with van der Waals surface area (Å²) in [6, 6.07) is 2.01. The monoisotopic (exact) mass is 227 g/mol. The maximum absolute atomic E-state index is 5.54. The Bertz CT molecular complexity index is 295. The number of hydrogen-bond acceptors (Lipinski definition) is 4. The zero-order valence-corrected chi connectivity index (χ0v) is 9.81. The summed E-state index contributed by atoms with van der Waals surface area (Å²) in [4.78, 5) is 1.26. The number of ether oxygens (including phenoxy) is 2. The van der Waals surface area contributed by atoms with Gasteiger partial charge in [-0.2, -0.15) is 0 Å². The molecule has 0 saturated carbocycles. The van der Waals surface area contributed by atoms with Crippen LogP contribution in [-0.4, -0.2) is 26.4 Å². The third kappa shape index (κ3) is 2.93. The number of nitrogens with one attached hydrogen (secondary N) is 1. The molecule has 0 aromatic carbocycles. The molecule has 1 unspecified atom stereocenters. The average molecular weight is 227 g/mol. The molecule has 1 aromatic rings. The van der Waals surface area contributed by atoms with Gasteiger partial charge in [0.25, 0.3) is 0 Å². The first-order valence-electron chi connectivity index (χ1n) is 5.33. The normalized spacial score (nSPS) is 20.7. The summed E-state index contributed by atoms with van der Waals surface area (Å²) in [7, 11) is 1.71. The van der Waals surface area contributed by atoms with Crippen LogP contribution in [0.1, 0.15) is 17.7 Å². The van der Waals surface area contributed by atoms with E-state index in [1.807, 2.05) is 6.07 Å². The van der Waals surface area contributed by atoms with Crippen molar-refractivity contribution in [1.82, 2.24) is 5.32 Å². The van der Waals surface area contributed by atoms with Crippen LogP contribution < -0.4 is 10.1 Å². The van der Waals surface area contributed by atoms with Crippen LogP contribution in [0.15, 0.2) is 11.4 Å². The molecule has 3 nitrogen and oxygen atoms in total. The highest BCUT2D eigenvalue weighted by Crippen LogP contribution is 2.24. The van der Waals surface area contributed by atoms with Crippen LogP contribution in [0, 0.1) is 0 Å². The fourth-order valence-electron chi connectivity index (χ4n) is 1.79. The molecular formula is C11H17NO2S. The summed E-state index contributed by atoms with van der Waals surface area (Å²) in [5.74, 6) is 0.986. The second kappa shape index (κ2) is 5.49. The lowest BCUT2D eigenvalue weighted by molar-refractivity contribution is 0.110. The zero-order chi connectivity index (χ0) is 10.5. The van der Waals surface area contributed by atoms with Crippen LogP contribution in [0.4, 0.5) is 0 Å². The van der Waals surface area contributed by atoms with E-state index in [4.69, 9.17) is 9.47 Å². The molecule has 1 aliphatic heterocycles. The number of methoxy groups -OCH3 is 1. The van der Waals surface area contributed by atoms with Crippen molar-refractivity contribution in [3.63, 3.8) is 0 Å². The summed E-state index contributed by atoms with van der Waals surface area (Å²) in [5, 5.41) is 5.47. The molecule has 15 heavy (non-hydrogen) atoms. The predicted molar refractivity (Wildman–Crippen MR) is 61.6 cm³/mol. The van der Waals surface area contributed by atoms with Gasteiger partial charge in [0.05, 0.1) is 18.1 Å². The minimum Gasteiger partial charge on any atom is -0.496 e. The van der Waals surface area contributed by atoms with Crippen molar-refractivity contribution in [2.24, 2.45) is 0 Å². The fourth-order valence-corrected chi connectivity index (χ4v) is 2.60. The molecule has 0 amide bonds. The molecule has 0 aliphatic carbocycles. The summed E-state index contributed by atoms with van der Waals surface area (Å²) in [6.07, 6.45) is 2.81. The SMILES string of the molecule is COc1ccsc1CNCC1CCCO1. The van der Waals surface area contributed by atoms with Crippen molar-refractivity contribution in [3.8, 4) is 5.75 Å². The van der Waals surface area contributed by atoms with Crippen molar-refractivity contribution < 1.29 is 9.47 Å². The van der Waals surface area contributed by atoms with Crippen molar-refractivity contribution in [3.05, 3.63) is 16.3 Å². The van der Waals surface area contributed by atoms with Gasteiger partial charge in [-0.1, -0.05) is 0 Å². The number of thiophene rings is 1. The Morgan fingerprint density at radius 3 is 3.33 bits per heavy atom. The van der Waals surface area contributed by atoms with Gasteiger partial charge in [0.15, 0.2) is 0 Å². The first-order chi connectivity index (χ1) is 7.40. The van der Waals surface area contributed by atoms with Crippen LogP contribution in [0.3, 0.4) is 0 Å². The molecule has 4 heteroatoms. The van der Waals surface area contributed by atoms with E-state index in [0.717, 1.165) is 25.4 Å². The standard InChI is InChI=1S/C11H17NO2S/c1-13-10-4-6-15-11(10)8-12-7-9-3-2-5-14-9/h4,6,9,12H,2-3,5,7-8H2,1H3. The predicted octanol–water partition coefficient (Wildman–Crippen LogP) is 2.03. The van der Waals surface area contributed by atoms with E-state index in [9.17, 15) is 0 Å². The molecule has 1 atom stereocenters. The smallest absolute Gasteiger partial charge is 0.134 e. The van der Waals surface area contributed by atoms with E-state index in [0.29, 0.717) is 6.10 Å². The first kappa shape index (κ1) is 10.9. The van der Waals surface area contributed by atoms with Crippen molar-refractivity contribution >= 4 is 11.3 Å². The zero-order valence-electron chi connectivity index (χ0n) is 8.99. The summed E-state index contributed by atoms with van der Waals surface area (Å²) in [5.41, 5.74) is 0. The Morgan fingerprint density at radius 1 is 1.67 bits per heavy atom. The van der Waals surface area contributed by atoms with Crippen LogP contribution in [-0.2, 0) is 11.3 Å². The number of rotatable bonds is 5. The van der Waals surface area contributed by atoms with E-state index in [1.54, 1.807) is 18.4 Å². The molecule has 1 fully saturated rings. The van der Waals surface area contributed by atoms with Crippen molar-refractivity contribution in [2.45, 2.75) is 25.5 Å². The maximum Gasteiger partial charge on any atom is 0.134 e. The molecule has 1 saturated heterocycles. The lowest BCUT2D eigenvalue weighted by atomic mass is 10.2. The third-order valence-corrected chi connectivity index (χ3v) is 3.51. The van der Waals surface area contributed by atoms with E-state index in [1.165, 1.54) is 17.7 Å². The average Bonchev–Trinajstić information content (AvgIpc) is 2.88. The van der Waals surface area contributed by atoms with Gasteiger partial charge in [-0.05, 0) is 24.3 Å². The highest BCUT2D eigenvalue weighted by molar-refractivity contribution is 7.10. The molecule has 84 valence electrons. The molecule has 0 spiro atoms. The Balaban J connectivity index is 1.73. The maximum atomic E-state index is 5.54. The highest BCUT2D eigenvalue weighted by Gasteiger charge is 2.14. The Kier molecular flexibility index (Phi) is 4.00. The minimum absolute atomic E-state index is 0.413. The van der Waals surface area contributed by atoms with E-state index < -0.39 is 0 Å². The first-order valence-corrected chi connectivity index (χ1v) is 6.21. The van der Waals surface area contributed by atoms with Gasteiger partial charge in [0.2, 0.25) is 0 Å². The van der Waals surface area contributed by atoms with Crippen LogP contribution in [0.25, 0.3) is 0 Å². The largest absolute Gasteiger partial charge is 0.496 e. The van der Waals surface area contributed by atoms with Crippen LogP contribution >= 0.6 is 11.3 Å². The summed E-state index contributed by atoms with van der Waals surface area (Å²) < 4.78 is 10.8. The van der Waals surface area contributed by atoms with Crippen LogP contribution in [0.2, 0.25) is 0 Å². The van der Waals surface area contributed by atoms with Gasteiger partial charge in [0.1, 0.15) is 5.75 Å². The van der Waals surface area contributed by atoms with Crippen LogP contribution in [0.5, 0.6) is 5.75 Å². The third-order valence-electron chi connectivity index (χ3n) is 2.61. The molecule has 1 N–H and O–H groups in total. The molecule has 0 bridgehead atoms. The quantitative estimate of drug-likeness (QED) is 0.835. The van der Waals surface area contributed by atoms with Crippen molar-refractivity contribution in [2.75, 3.05) is 20.3 Å². The van der Waals surface area contributed by atoms with Gasteiger partial charge >= 0.3 is 0 Å². The minimum atomic E-state index is 0.413. The van der Waals surface area contributed by atoms with Crippen molar-refractivity contribution in [1.29, 1.82) is 0 Å². The number of hydrogen-bond donors (Lipinski definition) is 1.